The van der Waals surface area contributed by atoms with E-state index in [1.165, 1.54) is 5.56 Å². The molecule has 1 aromatic carbocycles. The van der Waals surface area contributed by atoms with Crippen molar-refractivity contribution >= 4 is 17.7 Å². The predicted octanol–water partition coefficient (Wildman–Crippen LogP) is 2.64. The van der Waals surface area contributed by atoms with Crippen molar-refractivity contribution in [3.63, 3.8) is 0 Å². The number of carbonyl (C=O) groups excluding carboxylic acids is 1. The molecule has 0 amide bonds. The van der Waals surface area contributed by atoms with Gasteiger partial charge in [0, 0.05) is 12.2 Å². The van der Waals surface area contributed by atoms with Crippen LogP contribution in [-0.4, -0.2) is 30.5 Å². The van der Waals surface area contributed by atoms with Crippen LogP contribution in [0, 0.1) is 0 Å². The van der Waals surface area contributed by atoms with Crippen LogP contribution in [0.5, 0.6) is 0 Å². The number of benzene rings is 1. The van der Waals surface area contributed by atoms with Crippen molar-refractivity contribution in [2.24, 2.45) is 0 Å². The molecule has 0 spiro atoms. The first-order valence-electron chi connectivity index (χ1n) is 6.19. The standard InChI is InChI=1S/C14H18O3S/c1-11(14(15)17-13-7-8-16-9-13)18-10-12-5-3-2-4-6-12/h2-6,11,13H,7-10H2,1H3/t11-,13-/m0/s1. The second-order valence-corrected chi connectivity index (χ2v) is 5.69. The van der Waals surface area contributed by atoms with Gasteiger partial charge in [0.2, 0.25) is 0 Å². The van der Waals surface area contributed by atoms with Gasteiger partial charge in [0.1, 0.15) is 6.10 Å². The Morgan fingerprint density at radius 2 is 2.28 bits per heavy atom. The molecule has 0 N–H and O–H groups in total. The first-order chi connectivity index (χ1) is 8.75. The van der Waals surface area contributed by atoms with Crippen LogP contribution in [0.25, 0.3) is 0 Å². The summed E-state index contributed by atoms with van der Waals surface area (Å²) in [6, 6.07) is 10.1. The highest BCUT2D eigenvalue weighted by molar-refractivity contribution is 7.99. The molecule has 2 rings (SSSR count). The molecule has 1 aromatic rings. The second-order valence-electron chi connectivity index (χ2n) is 4.36. The zero-order valence-corrected chi connectivity index (χ0v) is 11.3. The van der Waals surface area contributed by atoms with Crippen molar-refractivity contribution in [2.45, 2.75) is 30.5 Å². The van der Waals surface area contributed by atoms with Crippen LogP contribution < -0.4 is 0 Å². The maximum Gasteiger partial charge on any atom is 0.319 e. The number of carbonyl (C=O) groups is 1. The van der Waals surface area contributed by atoms with Gasteiger partial charge >= 0.3 is 5.97 Å². The van der Waals surface area contributed by atoms with Crippen LogP contribution in [-0.2, 0) is 20.0 Å². The highest BCUT2D eigenvalue weighted by atomic mass is 32.2. The van der Waals surface area contributed by atoms with Gasteiger partial charge in [0.05, 0.1) is 18.5 Å². The highest BCUT2D eigenvalue weighted by Crippen LogP contribution is 2.20. The van der Waals surface area contributed by atoms with E-state index in [9.17, 15) is 4.79 Å². The molecule has 2 atom stereocenters. The minimum atomic E-state index is -0.134. The molecule has 0 saturated carbocycles. The second kappa shape index (κ2) is 6.81. The minimum absolute atomic E-state index is 0.0442. The average Bonchev–Trinajstić information content (AvgIpc) is 2.90. The summed E-state index contributed by atoms with van der Waals surface area (Å²) in [5.41, 5.74) is 1.23. The molecule has 4 heteroatoms. The zero-order chi connectivity index (χ0) is 12.8. The van der Waals surface area contributed by atoms with Crippen molar-refractivity contribution in [3.8, 4) is 0 Å². The third kappa shape index (κ3) is 4.03. The fraction of sp³-hybridized carbons (Fsp3) is 0.500. The first kappa shape index (κ1) is 13.4. The van der Waals surface area contributed by atoms with Crippen molar-refractivity contribution in [1.82, 2.24) is 0 Å². The molecule has 0 aliphatic carbocycles. The van der Waals surface area contributed by atoms with E-state index in [1.807, 2.05) is 25.1 Å². The normalized spacial score (nSPS) is 20.6. The van der Waals surface area contributed by atoms with E-state index in [1.54, 1.807) is 11.8 Å². The summed E-state index contributed by atoms with van der Waals surface area (Å²) >= 11 is 1.61. The molecule has 0 unspecified atom stereocenters. The molecule has 3 nitrogen and oxygen atoms in total. The van der Waals surface area contributed by atoms with Gasteiger partial charge in [-0.3, -0.25) is 4.79 Å². The maximum atomic E-state index is 11.8. The van der Waals surface area contributed by atoms with Crippen molar-refractivity contribution in [2.75, 3.05) is 13.2 Å². The Balaban J connectivity index is 1.73. The molecule has 18 heavy (non-hydrogen) atoms. The number of rotatable bonds is 5. The molecule has 98 valence electrons. The SMILES string of the molecule is C[C@H](SCc1ccccc1)C(=O)O[C@H]1CCOC1. The summed E-state index contributed by atoms with van der Waals surface area (Å²) in [6.07, 6.45) is 0.777. The van der Waals surface area contributed by atoms with E-state index in [-0.39, 0.29) is 17.3 Å². The van der Waals surface area contributed by atoms with Crippen LogP contribution >= 0.6 is 11.8 Å². The molecule has 0 aromatic heterocycles. The van der Waals surface area contributed by atoms with E-state index in [2.05, 4.69) is 12.1 Å². The zero-order valence-electron chi connectivity index (χ0n) is 10.5. The smallest absolute Gasteiger partial charge is 0.319 e. The lowest BCUT2D eigenvalue weighted by atomic mass is 10.2. The molecule has 1 heterocycles. The van der Waals surface area contributed by atoms with E-state index >= 15 is 0 Å². The summed E-state index contributed by atoms with van der Waals surface area (Å²) in [7, 11) is 0. The number of hydrogen-bond donors (Lipinski definition) is 0. The summed E-state index contributed by atoms with van der Waals surface area (Å²) in [4.78, 5) is 11.8. The largest absolute Gasteiger partial charge is 0.459 e. The summed E-state index contributed by atoms with van der Waals surface area (Å²) in [5, 5.41) is -0.134. The maximum absolute atomic E-state index is 11.8. The Bertz CT molecular complexity index is 374. The monoisotopic (exact) mass is 266 g/mol. The van der Waals surface area contributed by atoms with E-state index in [0.717, 1.165) is 12.2 Å². The summed E-state index contributed by atoms with van der Waals surface area (Å²) in [5.74, 6) is 0.699. The van der Waals surface area contributed by atoms with Gasteiger partial charge in [-0.05, 0) is 12.5 Å². The lowest BCUT2D eigenvalue weighted by molar-refractivity contribution is -0.147. The molecule has 1 aliphatic rings. The van der Waals surface area contributed by atoms with Gasteiger partial charge < -0.3 is 9.47 Å². The van der Waals surface area contributed by atoms with Gasteiger partial charge in [-0.25, -0.2) is 0 Å². The first-order valence-corrected chi connectivity index (χ1v) is 7.24. The Hall–Kier alpha value is -1.00. The van der Waals surface area contributed by atoms with Gasteiger partial charge in [-0.2, -0.15) is 0 Å². The quantitative estimate of drug-likeness (QED) is 0.768. The van der Waals surface area contributed by atoms with Crippen LogP contribution in [0.4, 0.5) is 0 Å². The van der Waals surface area contributed by atoms with Crippen LogP contribution in [0.15, 0.2) is 30.3 Å². The van der Waals surface area contributed by atoms with Crippen molar-refractivity contribution in [1.29, 1.82) is 0 Å². The molecule has 1 fully saturated rings. The van der Waals surface area contributed by atoms with Gasteiger partial charge in [0.15, 0.2) is 0 Å². The molecule has 1 aliphatic heterocycles. The Labute approximate surface area is 112 Å². The number of hydrogen-bond acceptors (Lipinski definition) is 4. The number of thioether (sulfide) groups is 1. The summed E-state index contributed by atoms with van der Waals surface area (Å²) < 4.78 is 10.6. The van der Waals surface area contributed by atoms with Gasteiger partial charge in [-0.1, -0.05) is 30.3 Å². The molecule has 0 radical (unpaired) electrons. The fourth-order valence-electron chi connectivity index (χ4n) is 1.73. The minimum Gasteiger partial charge on any atom is -0.459 e. The third-order valence-electron chi connectivity index (χ3n) is 2.85. The van der Waals surface area contributed by atoms with Gasteiger partial charge in [0.25, 0.3) is 0 Å². The summed E-state index contributed by atoms with van der Waals surface area (Å²) in [6.45, 7) is 3.14. The Morgan fingerprint density at radius 3 is 2.94 bits per heavy atom. The van der Waals surface area contributed by atoms with E-state index < -0.39 is 0 Å². The van der Waals surface area contributed by atoms with Crippen LogP contribution in [0.2, 0.25) is 0 Å². The number of esters is 1. The van der Waals surface area contributed by atoms with Crippen LogP contribution in [0.3, 0.4) is 0 Å². The molecular formula is C14H18O3S. The lowest BCUT2D eigenvalue weighted by Crippen LogP contribution is -2.24. The molecular weight excluding hydrogens is 248 g/mol. The highest BCUT2D eigenvalue weighted by Gasteiger charge is 2.23. The Morgan fingerprint density at radius 1 is 1.50 bits per heavy atom. The average molecular weight is 266 g/mol. The number of ether oxygens (including phenoxy) is 2. The molecule has 0 bridgehead atoms. The topological polar surface area (TPSA) is 35.5 Å². The van der Waals surface area contributed by atoms with Crippen LogP contribution in [0.1, 0.15) is 18.9 Å². The van der Waals surface area contributed by atoms with Crippen molar-refractivity contribution < 1.29 is 14.3 Å². The molecule has 1 saturated heterocycles. The van der Waals surface area contributed by atoms with E-state index in [0.29, 0.717) is 13.2 Å². The van der Waals surface area contributed by atoms with E-state index in [4.69, 9.17) is 9.47 Å². The fourth-order valence-corrected chi connectivity index (χ4v) is 2.56. The Kier molecular flexibility index (Phi) is 5.08. The lowest BCUT2D eigenvalue weighted by Gasteiger charge is -2.14. The van der Waals surface area contributed by atoms with Crippen molar-refractivity contribution in [3.05, 3.63) is 35.9 Å². The van der Waals surface area contributed by atoms with Gasteiger partial charge in [-0.15, -0.1) is 11.8 Å². The third-order valence-corrected chi connectivity index (χ3v) is 4.04. The predicted molar refractivity (Wildman–Crippen MR) is 72.5 cm³/mol.